The third-order valence-electron chi connectivity index (χ3n) is 4.27. The molecular formula is C19H20N4O2S2. The quantitative estimate of drug-likeness (QED) is 0.616. The molecule has 1 atom stereocenters. The number of hydrogen-bond donors (Lipinski definition) is 1. The summed E-state index contributed by atoms with van der Waals surface area (Å²) in [5.41, 5.74) is 0.980. The fourth-order valence-corrected chi connectivity index (χ4v) is 4.43. The number of para-hydroxylation sites is 1. The van der Waals surface area contributed by atoms with E-state index >= 15 is 0 Å². The minimum Gasteiger partial charge on any atom is -0.376 e. The van der Waals surface area contributed by atoms with Crippen LogP contribution in [0.1, 0.15) is 12.8 Å². The van der Waals surface area contributed by atoms with E-state index in [-0.39, 0.29) is 12.0 Å². The van der Waals surface area contributed by atoms with E-state index in [1.54, 1.807) is 11.3 Å². The van der Waals surface area contributed by atoms with E-state index in [0.29, 0.717) is 17.5 Å². The maximum Gasteiger partial charge on any atom is 0.230 e. The Kier molecular flexibility index (Phi) is 5.86. The van der Waals surface area contributed by atoms with Gasteiger partial charge in [-0.1, -0.05) is 36.0 Å². The normalized spacial score (nSPS) is 16.5. The van der Waals surface area contributed by atoms with Gasteiger partial charge in [0.25, 0.3) is 0 Å². The Morgan fingerprint density at radius 3 is 2.89 bits per heavy atom. The van der Waals surface area contributed by atoms with Crippen LogP contribution in [-0.2, 0) is 9.53 Å². The molecule has 0 saturated carbocycles. The molecule has 1 fully saturated rings. The van der Waals surface area contributed by atoms with Gasteiger partial charge in [0.1, 0.15) is 0 Å². The summed E-state index contributed by atoms with van der Waals surface area (Å²) in [7, 11) is 0. The number of thioether (sulfide) groups is 1. The van der Waals surface area contributed by atoms with Crippen molar-refractivity contribution in [2.24, 2.45) is 0 Å². The van der Waals surface area contributed by atoms with Crippen molar-refractivity contribution in [2.75, 3.05) is 18.9 Å². The van der Waals surface area contributed by atoms with Gasteiger partial charge in [-0.05, 0) is 36.4 Å². The van der Waals surface area contributed by atoms with Gasteiger partial charge in [0.2, 0.25) is 5.91 Å². The van der Waals surface area contributed by atoms with Crippen LogP contribution >= 0.6 is 23.1 Å². The lowest BCUT2D eigenvalue weighted by atomic mass is 10.2. The molecular weight excluding hydrogens is 380 g/mol. The van der Waals surface area contributed by atoms with Gasteiger partial charge in [-0.25, -0.2) is 0 Å². The number of thiophene rings is 1. The number of nitrogens with one attached hydrogen (secondary N) is 1. The maximum atomic E-state index is 12.2. The molecule has 0 unspecified atom stereocenters. The summed E-state index contributed by atoms with van der Waals surface area (Å²) in [6, 6.07) is 14.0. The monoisotopic (exact) mass is 400 g/mol. The number of benzene rings is 1. The van der Waals surface area contributed by atoms with E-state index in [9.17, 15) is 4.79 Å². The Bertz CT molecular complexity index is 875. The summed E-state index contributed by atoms with van der Waals surface area (Å²) in [5.74, 6) is 1.07. The van der Waals surface area contributed by atoms with Gasteiger partial charge in [0.15, 0.2) is 11.0 Å². The summed E-state index contributed by atoms with van der Waals surface area (Å²) in [6.45, 7) is 1.37. The zero-order valence-electron chi connectivity index (χ0n) is 14.7. The molecule has 0 radical (unpaired) electrons. The third kappa shape index (κ3) is 4.40. The highest BCUT2D eigenvalue weighted by Crippen LogP contribution is 2.30. The molecule has 1 aliphatic heterocycles. The molecule has 2 aromatic heterocycles. The summed E-state index contributed by atoms with van der Waals surface area (Å²) >= 11 is 3.01. The number of carbonyl (C=O) groups is 1. The molecule has 4 rings (SSSR count). The van der Waals surface area contributed by atoms with Gasteiger partial charge in [-0.2, -0.15) is 0 Å². The van der Waals surface area contributed by atoms with Crippen LogP contribution < -0.4 is 5.32 Å². The van der Waals surface area contributed by atoms with Crippen molar-refractivity contribution in [2.45, 2.75) is 24.1 Å². The number of rotatable bonds is 7. The first-order valence-electron chi connectivity index (χ1n) is 8.87. The van der Waals surface area contributed by atoms with Crippen molar-refractivity contribution < 1.29 is 9.53 Å². The van der Waals surface area contributed by atoms with E-state index in [1.165, 1.54) is 11.8 Å². The Balaban J connectivity index is 1.48. The van der Waals surface area contributed by atoms with Crippen LogP contribution in [0.25, 0.3) is 16.4 Å². The lowest BCUT2D eigenvalue weighted by Crippen LogP contribution is -2.32. The SMILES string of the molecule is O=C(CSc1nnc(-c2cccs2)n1-c1ccccc1)NC[C@H]1CCCO1. The lowest BCUT2D eigenvalue weighted by Gasteiger charge is -2.11. The number of aromatic nitrogens is 3. The first-order valence-corrected chi connectivity index (χ1v) is 10.7. The fourth-order valence-electron chi connectivity index (χ4n) is 2.95. The minimum absolute atomic E-state index is 0.0178. The average Bonchev–Trinajstić information content (AvgIpc) is 3.46. The second kappa shape index (κ2) is 8.69. The van der Waals surface area contributed by atoms with Crippen LogP contribution in [0.2, 0.25) is 0 Å². The maximum absolute atomic E-state index is 12.2. The van der Waals surface area contributed by atoms with Gasteiger partial charge >= 0.3 is 0 Å². The Labute approximate surface area is 166 Å². The topological polar surface area (TPSA) is 69.0 Å². The molecule has 1 aromatic carbocycles. The molecule has 6 nitrogen and oxygen atoms in total. The van der Waals surface area contributed by atoms with Crippen LogP contribution in [0.4, 0.5) is 0 Å². The van der Waals surface area contributed by atoms with Crippen molar-refractivity contribution in [3.05, 3.63) is 47.8 Å². The van der Waals surface area contributed by atoms with Gasteiger partial charge in [-0.15, -0.1) is 21.5 Å². The van der Waals surface area contributed by atoms with Crippen LogP contribution in [0.5, 0.6) is 0 Å². The van der Waals surface area contributed by atoms with Gasteiger partial charge < -0.3 is 10.1 Å². The Hall–Kier alpha value is -2.16. The predicted octanol–water partition coefficient (Wildman–Crippen LogP) is 3.38. The Morgan fingerprint density at radius 2 is 2.15 bits per heavy atom. The smallest absolute Gasteiger partial charge is 0.230 e. The molecule has 1 aliphatic rings. The zero-order chi connectivity index (χ0) is 18.5. The summed E-state index contributed by atoms with van der Waals surface area (Å²) < 4.78 is 7.54. The van der Waals surface area contributed by atoms with Crippen molar-refractivity contribution in [3.63, 3.8) is 0 Å². The van der Waals surface area contributed by atoms with Gasteiger partial charge in [0.05, 0.1) is 16.7 Å². The molecule has 0 bridgehead atoms. The molecule has 8 heteroatoms. The standard InChI is InChI=1S/C19H20N4O2S2/c24-17(20-12-15-8-4-10-25-15)13-27-19-22-21-18(16-9-5-11-26-16)23(19)14-6-2-1-3-7-14/h1-3,5-7,9,11,15H,4,8,10,12-13H2,(H,20,24)/t15-/m1/s1. The third-order valence-corrected chi connectivity index (χ3v) is 6.07. The first kappa shape index (κ1) is 18.2. The largest absolute Gasteiger partial charge is 0.376 e. The first-order chi connectivity index (χ1) is 13.3. The number of nitrogens with zero attached hydrogens (tertiary/aromatic N) is 3. The summed E-state index contributed by atoms with van der Waals surface area (Å²) in [6.07, 6.45) is 2.23. The minimum atomic E-state index is -0.0178. The predicted molar refractivity (Wildman–Crippen MR) is 107 cm³/mol. The molecule has 3 aromatic rings. The van der Waals surface area contributed by atoms with Crippen molar-refractivity contribution in [1.82, 2.24) is 20.1 Å². The molecule has 1 saturated heterocycles. The van der Waals surface area contributed by atoms with E-state index in [1.807, 2.05) is 52.4 Å². The van der Waals surface area contributed by atoms with Crippen molar-refractivity contribution >= 4 is 29.0 Å². The highest BCUT2D eigenvalue weighted by molar-refractivity contribution is 7.99. The molecule has 3 heterocycles. The van der Waals surface area contributed by atoms with Crippen LogP contribution in [0.3, 0.4) is 0 Å². The molecule has 140 valence electrons. The fraction of sp³-hybridized carbons (Fsp3) is 0.316. The zero-order valence-corrected chi connectivity index (χ0v) is 16.3. The molecule has 0 spiro atoms. The number of amides is 1. The van der Waals surface area contributed by atoms with Crippen LogP contribution in [0.15, 0.2) is 53.0 Å². The number of carbonyl (C=O) groups excluding carboxylic acids is 1. The lowest BCUT2D eigenvalue weighted by molar-refractivity contribution is -0.119. The van der Waals surface area contributed by atoms with E-state index in [0.717, 1.165) is 35.8 Å². The molecule has 1 N–H and O–H groups in total. The van der Waals surface area contributed by atoms with Crippen molar-refractivity contribution in [3.8, 4) is 16.4 Å². The van der Waals surface area contributed by atoms with Crippen molar-refractivity contribution in [1.29, 1.82) is 0 Å². The average molecular weight is 401 g/mol. The molecule has 1 amide bonds. The Morgan fingerprint density at radius 1 is 1.26 bits per heavy atom. The molecule has 0 aliphatic carbocycles. The number of ether oxygens (including phenoxy) is 1. The van der Waals surface area contributed by atoms with E-state index in [4.69, 9.17) is 4.74 Å². The van der Waals surface area contributed by atoms with Gasteiger partial charge in [0, 0.05) is 18.8 Å². The molecule has 27 heavy (non-hydrogen) atoms. The highest BCUT2D eigenvalue weighted by atomic mass is 32.2. The van der Waals surface area contributed by atoms with Gasteiger partial charge in [-0.3, -0.25) is 9.36 Å². The van der Waals surface area contributed by atoms with E-state index in [2.05, 4.69) is 15.5 Å². The second-order valence-electron chi connectivity index (χ2n) is 6.18. The summed E-state index contributed by atoms with van der Waals surface area (Å²) in [5, 5.41) is 14.4. The van der Waals surface area contributed by atoms with E-state index < -0.39 is 0 Å². The van der Waals surface area contributed by atoms with Crippen LogP contribution in [-0.4, -0.2) is 45.7 Å². The summed E-state index contributed by atoms with van der Waals surface area (Å²) in [4.78, 5) is 13.3. The highest BCUT2D eigenvalue weighted by Gasteiger charge is 2.19. The van der Waals surface area contributed by atoms with Crippen LogP contribution in [0, 0.1) is 0 Å². The number of hydrogen-bond acceptors (Lipinski definition) is 6. The second-order valence-corrected chi connectivity index (χ2v) is 8.07.